The van der Waals surface area contributed by atoms with Gasteiger partial charge in [0.15, 0.2) is 0 Å². The van der Waals surface area contributed by atoms with Crippen LogP contribution in [0.25, 0.3) is 0 Å². The van der Waals surface area contributed by atoms with E-state index in [2.05, 4.69) is 0 Å². The molecule has 0 aliphatic carbocycles. The Kier molecular flexibility index (Phi) is 2.61. The SMILES string of the molecule is O=C[PH+]=O. The quantitative estimate of drug-likeness (QED) is 0.331. The van der Waals surface area contributed by atoms with Crippen molar-refractivity contribution in [3.8, 4) is 0 Å². The summed E-state index contributed by atoms with van der Waals surface area (Å²) in [5.74, 6) is 0. The number of rotatable bonds is 1. The molecule has 2 nitrogen and oxygen atoms in total. The normalized spacial score (nSPS) is 7.00. The second kappa shape index (κ2) is 2.77. The minimum Gasteiger partial charge on any atom is -0.244 e. The van der Waals surface area contributed by atoms with Crippen molar-refractivity contribution in [2.45, 2.75) is 0 Å². The molecule has 0 spiro atoms. The zero-order valence-electron chi connectivity index (χ0n) is 1.89. The van der Waals surface area contributed by atoms with Gasteiger partial charge in [0.05, 0.1) is 0 Å². The van der Waals surface area contributed by atoms with Crippen LogP contribution < -0.4 is 0 Å². The van der Waals surface area contributed by atoms with E-state index >= 15 is 0 Å². The molecule has 0 amide bonds. The summed E-state index contributed by atoms with van der Waals surface area (Å²) in [6, 6.07) is 0.347. The van der Waals surface area contributed by atoms with Crippen LogP contribution in [0, 0.1) is 0 Å². The van der Waals surface area contributed by atoms with Gasteiger partial charge in [0.1, 0.15) is 0 Å². The fourth-order valence-corrected chi connectivity index (χ4v) is 0. The maximum Gasteiger partial charge on any atom is 0.397 e. The lowest BCUT2D eigenvalue weighted by Crippen LogP contribution is -1.29. The summed E-state index contributed by atoms with van der Waals surface area (Å²) in [5.41, 5.74) is 0. The molecule has 0 rings (SSSR count). The van der Waals surface area contributed by atoms with E-state index in [-0.39, 0.29) is 0 Å². The molecule has 0 aromatic heterocycles. The van der Waals surface area contributed by atoms with Crippen LogP contribution in [0.1, 0.15) is 0 Å². The van der Waals surface area contributed by atoms with Crippen molar-refractivity contribution in [2.75, 3.05) is 0 Å². The largest absolute Gasteiger partial charge is 0.397 e. The third-order valence-electron chi connectivity index (χ3n) is 0.0481. The van der Waals surface area contributed by atoms with Gasteiger partial charge >= 0.3 is 14.5 Å². The lowest BCUT2D eigenvalue weighted by Gasteiger charge is -1.14. The predicted octanol–water partition coefficient (Wildman–Crippen LogP) is 0.201. The van der Waals surface area contributed by atoms with Crippen molar-refractivity contribution in [3.05, 3.63) is 0 Å². The molecule has 0 radical (unpaired) electrons. The highest BCUT2D eigenvalue weighted by Gasteiger charge is 1.65. The number of hydrogen-bond acceptors (Lipinski definition) is 2. The molecular formula is CH2O2P+. The molecule has 0 saturated carbocycles. The zero-order chi connectivity index (χ0) is 3.41. The predicted molar refractivity (Wildman–Crippen MR) is 15.8 cm³/mol. The van der Waals surface area contributed by atoms with Gasteiger partial charge in [-0.25, -0.2) is 4.79 Å². The van der Waals surface area contributed by atoms with Crippen LogP contribution in [0.4, 0.5) is 0 Å². The molecule has 1 atom stereocenters. The molecule has 0 aromatic rings. The van der Waals surface area contributed by atoms with Gasteiger partial charge in [0.25, 0.3) is 0 Å². The van der Waals surface area contributed by atoms with E-state index in [4.69, 9.17) is 9.36 Å². The average Bonchev–Trinajstić information content (AvgIpc) is 1.37. The summed E-state index contributed by atoms with van der Waals surface area (Å²) >= 11 is 0. The lowest BCUT2D eigenvalue weighted by molar-refractivity contribution is 0.562. The van der Waals surface area contributed by atoms with Crippen LogP contribution in [-0.4, -0.2) is 6.03 Å². The minimum absolute atomic E-state index is 0.347. The summed E-state index contributed by atoms with van der Waals surface area (Å²) in [6.07, 6.45) is 0. The molecule has 3 heteroatoms. The Morgan fingerprint density at radius 1 is 1.75 bits per heavy atom. The molecule has 0 aliphatic rings. The number of hydrogen-bond donors (Lipinski definition) is 0. The highest BCUT2D eigenvalue weighted by atomic mass is 31.1. The van der Waals surface area contributed by atoms with Gasteiger partial charge in [-0.05, 0) is 0 Å². The summed E-state index contributed by atoms with van der Waals surface area (Å²) in [7, 11) is -0.790. The van der Waals surface area contributed by atoms with E-state index in [1.165, 1.54) is 0 Å². The summed E-state index contributed by atoms with van der Waals surface area (Å²) < 4.78 is 8.96. The molecule has 0 heterocycles. The Morgan fingerprint density at radius 2 is 2.00 bits per heavy atom. The van der Waals surface area contributed by atoms with Crippen molar-refractivity contribution in [2.24, 2.45) is 0 Å². The molecule has 0 aliphatic heterocycles. The van der Waals surface area contributed by atoms with E-state index in [0.717, 1.165) is 0 Å². The van der Waals surface area contributed by atoms with Crippen molar-refractivity contribution in [3.63, 3.8) is 0 Å². The van der Waals surface area contributed by atoms with Crippen molar-refractivity contribution < 1.29 is 9.36 Å². The van der Waals surface area contributed by atoms with E-state index in [0.29, 0.717) is 6.03 Å². The molecular weight excluding hydrogens is 75.0 g/mol. The monoisotopic (exact) mass is 77.0 g/mol. The Labute approximate surface area is 25.0 Å². The van der Waals surface area contributed by atoms with Gasteiger partial charge < -0.3 is 0 Å². The first kappa shape index (κ1) is 3.77. The Hall–Kier alpha value is -0.230. The maximum absolute atomic E-state index is 8.96. The van der Waals surface area contributed by atoms with Gasteiger partial charge in [-0.15, -0.1) is 0 Å². The standard InChI is InChI=1S/CHO2P/c2-1-4-3/h1H/p+1. The van der Waals surface area contributed by atoms with Crippen LogP contribution >= 0.6 is 8.46 Å². The Morgan fingerprint density at radius 3 is 2.00 bits per heavy atom. The molecule has 0 N–H and O–H groups in total. The van der Waals surface area contributed by atoms with Crippen LogP contribution in [0.3, 0.4) is 0 Å². The Balaban J connectivity index is 2.73. The third kappa shape index (κ3) is 1.77. The van der Waals surface area contributed by atoms with E-state index in [9.17, 15) is 0 Å². The smallest absolute Gasteiger partial charge is 0.244 e. The minimum atomic E-state index is -0.790. The molecule has 0 saturated heterocycles. The first-order valence-corrected chi connectivity index (χ1v) is 1.71. The van der Waals surface area contributed by atoms with Crippen molar-refractivity contribution in [1.82, 2.24) is 0 Å². The first-order chi connectivity index (χ1) is 1.91. The van der Waals surface area contributed by atoms with Gasteiger partial charge in [0.2, 0.25) is 0 Å². The highest BCUT2D eigenvalue weighted by molar-refractivity contribution is 7.42. The molecule has 0 fully saturated rings. The molecule has 1 unspecified atom stereocenters. The van der Waals surface area contributed by atoms with E-state index in [1.54, 1.807) is 0 Å². The summed E-state index contributed by atoms with van der Waals surface area (Å²) in [5, 5.41) is 0. The van der Waals surface area contributed by atoms with Crippen LogP contribution in [0.5, 0.6) is 0 Å². The summed E-state index contributed by atoms with van der Waals surface area (Å²) in [6.45, 7) is 0. The Bertz CT molecular complexity index is 27.0. The van der Waals surface area contributed by atoms with E-state index < -0.39 is 8.46 Å². The summed E-state index contributed by atoms with van der Waals surface area (Å²) in [4.78, 5) is 8.87. The van der Waals surface area contributed by atoms with E-state index in [1.807, 2.05) is 0 Å². The highest BCUT2D eigenvalue weighted by Crippen LogP contribution is 1.72. The van der Waals surface area contributed by atoms with Gasteiger partial charge in [-0.1, -0.05) is 4.57 Å². The average molecular weight is 77.0 g/mol. The first-order valence-electron chi connectivity index (χ1n) is 0.729. The number of carbonyl (C=O) groups is 1. The van der Waals surface area contributed by atoms with Crippen LogP contribution in [0.15, 0.2) is 0 Å². The third-order valence-corrected chi connectivity index (χ3v) is 0.144. The van der Waals surface area contributed by atoms with Gasteiger partial charge in [-0.3, -0.25) is 0 Å². The maximum atomic E-state index is 8.96. The van der Waals surface area contributed by atoms with Crippen LogP contribution in [0.2, 0.25) is 0 Å². The number of carbonyl (C=O) groups excluding carboxylic acids is 1. The lowest BCUT2D eigenvalue weighted by atomic mass is 11.8. The zero-order valence-corrected chi connectivity index (χ0v) is 2.89. The fraction of sp³-hybridized carbons (Fsp3) is 0. The second-order valence-electron chi connectivity index (χ2n) is 0.236. The van der Waals surface area contributed by atoms with Crippen molar-refractivity contribution >= 4 is 14.5 Å². The van der Waals surface area contributed by atoms with Gasteiger partial charge in [-0.2, -0.15) is 0 Å². The van der Waals surface area contributed by atoms with Gasteiger partial charge in [0, 0.05) is 0 Å². The molecule has 22 valence electrons. The van der Waals surface area contributed by atoms with Crippen molar-refractivity contribution in [1.29, 1.82) is 0 Å². The molecule has 4 heavy (non-hydrogen) atoms. The molecule has 0 aromatic carbocycles. The van der Waals surface area contributed by atoms with Crippen LogP contribution in [-0.2, 0) is 9.36 Å². The fourth-order valence-electron chi connectivity index (χ4n) is 0. The molecule has 0 bridgehead atoms. The second-order valence-corrected chi connectivity index (χ2v) is 0.707. The topological polar surface area (TPSA) is 34.1 Å².